The number of hydrogen-bond acceptors (Lipinski definition) is 5. The van der Waals surface area contributed by atoms with Crippen LogP contribution in [0.1, 0.15) is 15.9 Å². The van der Waals surface area contributed by atoms with E-state index in [0.717, 1.165) is 12.1 Å². The molecule has 0 saturated carbocycles. The first-order valence-corrected chi connectivity index (χ1v) is 6.09. The first kappa shape index (κ1) is 14.7. The lowest BCUT2D eigenvalue weighted by molar-refractivity contribution is -0.386. The van der Waals surface area contributed by atoms with E-state index in [2.05, 4.69) is 4.98 Å². The Hall–Kier alpha value is -2.67. The monoisotopic (exact) mass is 308 g/mol. The second-order valence-electron chi connectivity index (χ2n) is 4.10. The van der Waals surface area contributed by atoms with E-state index in [1.165, 1.54) is 6.07 Å². The van der Waals surface area contributed by atoms with Crippen molar-refractivity contribution in [2.45, 2.75) is 6.92 Å². The van der Waals surface area contributed by atoms with Gasteiger partial charge in [-0.25, -0.2) is 9.78 Å². The van der Waals surface area contributed by atoms with Crippen LogP contribution in [-0.2, 0) is 0 Å². The van der Waals surface area contributed by atoms with Crippen LogP contribution in [0.15, 0.2) is 30.3 Å². The summed E-state index contributed by atoms with van der Waals surface area (Å²) in [5.41, 5.74) is 0.0782. The summed E-state index contributed by atoms with van der Waals surface area (Å²) in [6.07, 6.45) is 0. The topological polar surface area (TPSA) is 103 Å². The molecular weight excluding hydrogens is 300 g/mol. The average molecular weight is 309 g/mol. The molecule has 0 atom stereocenters. The van der Waals surface area contributed by atoms with E-state index in [-0.39, 0.29) is 28.0 Å². The van der Waals surface area contributed by atoms with Crippen LogP contribution in [0.4, 0.5) is 5.69 Å². The number of hydrogen-bond donors (Lipinski definition) is 1. The third-order valence-corrected chi connectivity index (χ3v) is 2.81. The minimum Gasteiger partial charge on any atom is -0.478 e. The summed E-state index contributed by atoms with van der Waals surface area (Å²) in [4.78, 5) is 25.2. The van der Waals surface area contributed by atoms with Crippen molar-refractivity contribution < 1.29 is 19.6 Å². The molecule has 7 nitrogen and oxygen atoms in total. The number of nitro groups is 1. The van der Waals surface area contributed by atoms with E-state index < -0.39 is 10.9 Å². The Kier molecular flexibility index (Phi) is 4.04. The van der Waals surface area contributed by atoms with Gasteiger partial charge in [-0.05, 0) is 19.1 Å². The van der Waals surface area contributed by atoms with E-state index in [1.807, 2.05) is 0 Å². The number of nitro benzene ring substituents is 1. The quantitative estimate of drug-likeness (QED) is 0.527. The van der Waals surface area contributed by atoms with Gasteiger partial charge >= 0.3 is 11.7 Å². The number of halogens is 1. The zero-order valence-electron chi connectivity index (χ0n) is 10.7. The molecule has 108 valence electrons. The highest BCUT2D eigenvalue weighted by molar-refractivity contribution is 6.29. The van der Waals surface area contributed by atoms with Gasteiger partial charge in [0.15, 0.2) is 0 Å². The zero-order chi connectivity index (χ0) is 15.6. The summed E-state index contributed by atoms with van der Waals surface area (Å²) in [6, 6.07) is 6.84. The van der Waals surface area contributed by atoms with E-state index in [9.17, 15) is 14.9 Å². The summed E-state index contributed by atoms with van der Waals surface area (Å²) < 4.78 is 5.32. The normalized spacial score (nSPS) is 10.2. The van der Waals surface area contributed by atoms with Crippen molar-refractivity contribution in [2.24, 2.45) is 0 Å². The average Bonchev–Trinajstić information content (AvgIpc) is 2.37. The number of pyridine rings is 1. The Morgan fingerprint density at radius 2 is 2.14 bits per heavy atom. The highest BCUT2D eigenvalue weighted by Crippen LogP contribution is 2.33. The number of carboxylic acid groups (broad SMARTS) is 1. The maximum Gasteiger partial charge on any atom is 0.335 e. The molecule has 0 radical (unpaired) electrons. The number of carboxylic acids is 1. The summed E-state index contributed by atoms with van der Waals surface area (Å²) in [6.45, 7) is 1.57. The lowest BCUT2D eigenvalue weighted by Gasteiger charge is -2.08. The Bertz CT molecular complexity index is 732. The second kappa shape index (κ2) is 5.76. The van der Waals surface area contributed by atoms with Crippen molar-refractivity contribution in [3.05, 3.63) is 56.7 Å². The summed E-state index contributed by atoms with van der Waals surface area (Å²) >= 11 is 5.71. The van der Waals surface area contributed by atoms with E-state index in [0.29, 0.717) is 5.56 Å². The maximum atomic E-state index is 11.1. The smallest absolute Gasteiger partial charge is 0.335 e. The molecule has 0 fully saturated rings. The molecule has 0 aliphatic heterocycles. The van der Waals surface area contributed by atoms with E-state index in [1.54, 1.807) is 19.1 Å². The van der Waals surface area contributed by atoms with Crippen molar-refractivity contribution in [1.82, 2.24) is 4.98 Å². The van der Waals surface area contributed by atoms with Gasteiger partial charge in [0.1, 0.15) is 5.15 Å². The van der Waals surface area contributed by atoms with Crippen molar-refractivity contribution in [2.75, 3.05) is 0 Å². The molecule has 1 N–H and O–H groups in total. The number of benzene rings is 1. The molecule has 1 aromatic carbocycles. The van der Waals surface area contributed by atoms with Gasteiger partial charge in [-0.15, -0.1) is 0 Å². The molecule has 0 spiro atoms. The van der Waals surface area contributed by atoms with Gasteiger partial charge < -0.3 is 9.84 Å². The molecular formula is C13H9ClN2O5. The fraction of sp³-hybridized carbons (Fsp3) is 0.0769. The molecule has 0 unspecified atom stereocenters. The molecule has 1 aromatic heterocycles. The molecule has 1 heterocycles. The minimum absolute atomic E-state index is 0.0360. The molecule has 2 rings (SSSR count). The first-order chi connectivity index (χ1) is 9.88. The predicted octanol–water partition coefficient (Wildman–Crippen LogP) is 3.44. The predicted molar refractivity (Wildman–Crippen MR) is 74.1 cm³/mol. The highest BCUT2D eigenvalue weighted by Gasteiger charge is 2.20. The van der Waals surface area contributed by atoms with Crippen LogP contribution in [0, 0.1) is 17.0 Å². The van der Waals surface area contributed by atoms with Gasteiger partial charge in [0.05, 0.1) is 10.5 Å². The summed E-state index contributed by atoms with van der Waals surface area (Å²) in [7, 11) is 0. The molecule has 0 amide bonds. The van der Waals surface area contributed by atoms with Crippen LogP contribution < -0.4 is 4.74 Å². The van der Waals surface area contributed by atoms with E-state index in [4.69, 9.17) is 21.4 Å². The van der Waals surface area contributed by atoms with Gasteiger partial charge in [0.2, 0.25) is 11.6 Å². The Labute approximate surface area is 123 Å². The fourth-order valence-corrected chi connectivity index (χ4v) is 1.91. The third-order valence-electron chi connectivity index (χ3n) is 2.62. The first-order valence-electron chi connectivity index (χ1n) is 5.71. The Morgan fingerprint density at radius 3 is 2.76 bits per heavy atom. The number of rotatable bonds is 4. The van der Waals surface area contributed by atoms with Crippen LogP contribution in [0.3, 0.4) is 0 Å². The largest absolute Gasteiger partial charge is 0.478 e. The Morgan fingerprint density at radius 1 is 1.43 bits per heavy atom. The van der Waals surface area contributed by atoms with Gasteiger partial charge in [-0.3, -0.25) is 10.1 Å². The van der Waals surface area contributed by atoms with Crippen LogP contribution in [0.25, 0.3) is 0 Å². The molecule has 21 heavy (non-hydrogen) atoms. The van der Waals surface area contributed by atoms with Crippen molar-refractivity contribution >= 4 is 23.3 Å². The van der Waals surface area contributed by atoms with Crippen molar-refractivity contribution in [1.29, 1.82) is 0 Å². The van der Waals surface area contributed by atoms with Crippen molar-refractivity contribution in [3.63, 3.8) is 0 Å². The third kappa shape index (κ3) is 3.26. The van der Waals surface area contributed by atoms with Crippen LogP contribution in [0.5, 0.6) is 11.6 Å². The maximum absolute atomic E-state index is 11.1. The Balaban J connectivity index is 2.46. The number of aryl methyl sites for hydroxylation is 1. The number of aromatic nitrogens is 1. The lowest BCUT2D eigenvalue weighted by atomic mass is 10.2. The molecule has 0 saturated heterocycles. The molecule has 0 bridgehead atoms. The fourth-order valence-electron chi connectivity index (χ4n) is 1.71. The minimum atomic E-state index is -1.21. The number of aromatic carboxylic acids is 1. The highest BCUT2D eigenvalue weighted by atomic mass is 35.5. The SMILES string of the molecule is Cc1cccc(Oc2cc(C(=O)O)cc(Cl)n2)c1[N+](=O)[O-]. The van der Waals surface area contributed by atoms with Crippen molar-refractivity contribution in [3.8, 4) is 11.6 Å². The molecule has 8 heteroatoms. The number of nitrogens with zero attached hydrogens (tertiary/aromatic N) is 2. The van der Waals surface area contributed by atoms with Crippen LogP contribution >= 0.6 is 11.6 Å². The second-order valence-corrected chi connectivity index (χ2v) is 4.49. The van der Waals surface area contributed by atoms with Gasteiger partial charge in [-0.1, -0.05) is 23.7 Å². The molecule has 0 aliphatic carbocycles. The molecule has 2 aromatic rings. The summed E-state index contributed by atoms with van der Waals surface area (Å²) in [5, 5.41) is 19.9. The van der Waals surface area contributed by atoms with Crippen LogP contribution in [0.2, 0.25) is 5.15 Å². The van der Waals surface area contributed by atoms with Crippen LogP contribution in [-0.4, -0.2) is 21.0 Å². The summed E-state index contributed by atoms with van der Waals surface area (Å²) in [5.74, 6) is -1.37. The van der Waals surface area contributed by atoms with Gasteiger partial charge in [-0.2, -0.15) is 0 Å². The molecule has 0 aliphatic rings. The number of ether oxygens (including phenoxy) is 1. The lowest BCUT2D eigenvalue weighted by Crippen LogP contribution is -2.00. The standard InChI is InChI=1S/C13H9ClN2O5/c1-7-3-2-4-9(12(7)16(19)20)21-11-6-8(13(17)18)5-10(14)15-11/h2-6H,1H3,(H,17,18). The van der Waals surface area contributed by atoms with Gasteiger partial charge in [0, 0.05) is 11.6 Å². The zero-order valence-corrected chi connectivity index (χ0v) is 11.5. The number of para-hydroxylation sites is 1. The number of carbonyl (C=O) groups is 1. The van der Waals surface area contributed by atoms with Gasteiger partial charge in [0.25, 0.3) is 0 Å². The van der Waals surface area contributed by atoms with E-state index >= 15 is 0 Å².